The molecule has 2 aromatic rings. The monoisotopic (exact) mass is 413 g/mol. The van der Waals surface area contributed by atoms with Gasteiger partial charge in [-0.2, -0.15) is 0 Å². The Hall–Kier alpha value is -2.31. The molecule has 1 aliphatic heterocycles. The largest absolute Gasteiger partial charge is 0.493 e. The summed E-state index contributed by atoms with van der Waals surface area (Å²) in [6.07, 6.45) is 2.63. The molecule has 1 fully saturated rings. The van der Waals surface area contributed by atoms with Crippen LogP contribution in [0.2, 0.25) is 0 Å². The topological polar surface area (TPSA) is 38.8 Å². The first kappa shape index (κ1) is 20.4. The van der Waals surface area contributed by atoms with Gasteiger partial charge in [-0.25, -0.2) is 0 Å². The molecule has 0 aromatic heterocycles. The first-order valence-corrected chi connectivity index (χ1v) is 10.3. The van der Waals surface area contributed by atoms with Crippen LogP contribution in [0.4, 0.5) is 0 Å². The van der Waals surface area contributed by atoms with Gasteiger partial charge in [-0.1, -0.05) is 53.8 Å². The Morgan fingerprint density at radius 2 is 1.89 bits per heavy atom. The number of hydrogen-bond acceptors (Lipinski definition) is 5. The number of nitrogens with zero attached hydrogens (tertiary/aromatic N) is 1. The summed E-state index contributed by atoms with van der Waals surface area (Å²) in [6.45, 7) is 5.28. The molecule has 3 rings (SSSR count). The molecule has 2 aromatic carbocycles. The van der Waals surface area contributed by atoms with Crippen molar-refractivity contribution in [1.82, 2.24) is 4.90 Å². The molecule has 28 heavy (non-hydrogen) atoms. The van der Waals surface area contributed by atoms with Crippen LogP contribution in [-0.4, -0.2) is 35.4 Å². The molecule has 1 saturated heterocycles. The number of likely N-dealkylation sites (N-methyl/N-ethyl adjacent to an activating group) is 1. The Balaban J connectivity index is 1.50. The number of thiocarbonyl (C=S) groups is 1. The van der Waals surface area contributed by atoms with E-state index in [1.54, 1.807) is 7.05 Å². The lowest BCUT2D eigenvalue weighted by Crippen LogP contribution is -2.22. The molecule has 0 radical (unpaired) electrons. The lowest BCUT2D eigenvalue weighted by atomic mass is 10.1. The summed E-state index contributed by atoms with van der Waals surface area (Å²) in [7, 11) is 1.69. The summed E-state index contributed by atoms with van der Waals surface area (Å²) in [5, 5.41) is 0. The summed E-state index contributed by atoms with van der Waals surface area (Å²) in [5.41, 5.74) is 3.29. The third kappa shape index (κ3) is 5.14. The molecule has 0 atom stereocenters. The van der Waals surface area contributed by atoms with Gasteiger partial charge in [-0.05, 0) is 49.2 Å². The second-order valence-corrected chi connectivity index (χ2v) is 8.31. The van der Waals surface area contributed by atoms with Gasteiger partial charge in [0, 0.05) is 13.5 Å². The minimum absolute atomic E-state index is 0.0649. The van der Waals surface area contributed by atoms with Gasteiger partial charge in [0.15, 0.2) is 0 Å². The van der Waals surface area contributed by atoms with Crippen molar-refractivity contribution in [3.8, 4) is 11.5 Å². The summed E-state index contributed by atoms with van der Waals surface area (Å²) in [4.78, 5) is 14.2. The maximum atomic E-state index is 12.1. The molecule has 1 heterocycles. The number of carbonyl (C=O) groups is 1. The van der Waals surface area contributed by atoms with Crippen molar-refractivity contribution < 1.29 is 14.3 Å². The van der Waals surface area contributed by atoms with Gasteiger partial charge in [0.2, 0.25) is 0 Å². The fraction of sp³-hybridized carbons (Fsp3) is 0.273. The van der Waals surface area contributed by atoms with Gasteiger partial charge in [0.25, 0.3) is 5.91 Å². The fourth-order valence-corrected chi connectivity index (χ4v) is 3.96. The van der Waals surface area contributed by atoms with Gasteiger partial charge in [0.05, 0.1) is 18.1 Å². The lowest BCUT2D eigenvalue weighted by Gasteiger charge is -2.11. The highest BCUT2D eigenvalue weighted by Gasteiger charge is 2.28. The van der Waals surface area contributed by atoms with E-state index in [9.17, 15) is 4.79 Å². The number of ether oxygens (including phenoxy) is 2. The molecule has 0 spiro atoms. The predicted molar refractivity (Wildman–Crippen MR) is 119 cm³/mol. The molecule has 0 saturated carbocycles. The maximum absolute atomic E-state index is 12.1. The van der Waals surface area contributed by atoms with E-state index < -0.39 is 0 Å². The maximum Gasteiger partial charge on any atom is 0.265 e. The zero-order valence-corrected chi connectivity index (χ0v) is 17.9. The zero-order chi connectivity index (χ0) is 20.1. The highest BCUT2D eigenvalue weighted by Crippen LogP contribution is 2.31. The lowest BCUT2D eigenvalue weighted by molar-refractivity contribution is -0.121. The molecule has 4 nitrogen and oxygen atoms in total. The number of hydrogen-bond donors (Lipinski definition) is 0. The van der Waals surface area contributed by atoms with Crippen molar-refractivity contribution in [2.45, 2.75) is 20.3 Å². The highest BCUT2D eigenvalue weighted by atomic mass is 32.2. The van der Waals surface area contributed by atoms with Crippen LogP contribution in [0.25, 0.3) is 6.08 Å². The van der Waals surface area contributed by atoms with Crippen molar-refractivity contribution in [3.05, 3.63) is 64.1 Å². The van der Waals surface area contributed by atoms with E-state index >= 15 is 0 Å². The van der Waals surface area contributed by atoms with Crippen LogP contribution in [0.15, 0.2) is 47.4 Å². The molecular formula is C22H23NO3S2. The normalized spacial score (nSPS) is 15.4. The molecular weight excluding hydrogens is 390 g/mol. The molecule has 0 unspecified atom stereocenters. The Bertz CT molecular complexity index is 924. The predicted octanol–water partition coefficient (Wildman–Crippen LogP) is 4.98. The van der Waals surface area contributed by atoms with Crippen LogP contribution in [0.1, 0.15) is 23.1 Å². The molecule has 146 valence electrons. The second-order valence-electron chi connectivity index (χ2n) is 6.63. The van der Waals surface area contributed by atoms with E-state index in [1.165, 1.54) is 22.2 Å². The third-order valence-electron chi connectivity index (χ3n) is 4.29. The first-order chi connectivity index (χ1) is 13.4. The molecule has 1 amide bonds. The second kappa shape index (κ2) is 9.26. The van der Waals surface area contributed by atoms with E-state index in [0.717, 1.165) is 29.0 Å². The number of aryl methyl sites for hydroxylation is 2. The Morgan fingerprint density at radius 3 is 2.61 bits per heavy atom. The van der Waals surface area contributed by atoms with Crippen LogP contribution in [-0.2, 0) is 4.79 Å². The van der Waals surface area contributed by atoms with E-state index in [4.69, 9.17) is 21.7 Å². The van der Waals surface area contributed by atoms with Crippen molar-refractivity contribution in [2.75, 3.05) is 20.3 Å². The van der Waals surface area contributed by atoms with Gasteiger partial charge in [0.1, 0.15) is 15.8 Å². The summed E-state index contributed by atoms with van der Waals surface area (Å²) < 4.78 is 12.2. The highest BCUT2D eigenvalue weighted by molar-refractivity contribution is 8.26. The van der Waals surface area contributed by atoms with Gasteiger partial charge >= 0.3 is 0 Å². The van der Waals surface area contributed by atoms with Crippen LogP contribution in [0, 0.1) is 13.8 Å². The van der Waals surface area contributed by atoms with Crippen molar-refractivity contribution in [2.24, 2.45) is 0 Å². The van der Waals surface area contributed by atoms with Crippen LogP contribution < -0.4 is 9.47 Å². The van der Waals surface area contributed by atoms with Crippen LogP contribution in [0.3, 0.4) is 0 Å². The standard InChI is InChI=1S/C22H23NO3S2/c1-15-8-9-19(16(2)12-15)26-11-5-10-25-18-7-4-6-17(13-18)14-20-21(24)23(3)22(27)28-20/h4,6-9,12-14H,5,10-11H2,1-3H3/b20-14-. The Kier molecular flexibility index (Phi) is 6.75. The number of thioether (sulfide) groups is 1. The number of rotatable bonds is 7. The molecule has 0 bridgehead atoms. The average Bonchev–Trinajstić information content (AvgIpc) is 2.90. The third-order valence-corrected chi connectivity index (χ3v) is 5.77. The molecule has 1 aliphatic rings. The van der Waals surface area contributed by atoms with Crippen molar-refractivity contribution in [3.63, 3.8) is 0 Å². The van der Waals surface area contributed by atoms with Gasteiger partial charge in [-0.15, -0.1) is 0 Å². The summed E-state index contributed by atoms with van der Waals surface area (Å²) in [6, 6.07) is 13.9. The Labute approximate surface area is 175 Å². The smallest absolute Gasteiger partial charge is 0.265 e. The van der Waals surface area contributed by atoms with Gasteiger partial charge < -0.3 is 9.47 Å². The summed E-state index contributed by atoms with van der Waals surface area (Å²) >= 11 is 6.48. The quantitative estimate of drug-likeness (QED) is 0.364. The molecule has 0 aliphatic carbocycles. The fourth-order valence-electron chi connectivity index (χ4n) is 2.78. The molecule has 0 N–H and O–H groups in total. The minimum Gasteiger partial charge on any atom is -0.493 e. The molecule has 6 heteroatoms. The van der Waals surface area contributed by atoms with Crippen LogP contribution >= 0.6 is 24.0 Å². The van der Waals surface area contributed by atoms with Gasteiger partial charge in [-0.3, -0.25) is 9.69 Å². The average molecular weight is 414 g/mol. The Morgan fingerprint density at radius 1 is 1.11 bits per heavy atom. The zero-order valence-electron chi connectivity index (χ0n) is 16.2. The number of amides is 1. The first-order valence-electron chi connectivity index (χ1n) is 9.08. The van der Waals surface area contributed by atoms with Crippen LogP contribution in [0.5, 0.6) is 11.5 Å². The number of carbonyl (C=O) groups excluding carboxylic acids is 1. The van der Waals surface area contributed by atoms with E-state index in [0.29, 0.717) is 22.4 Å². The van der Waals surface area contributed by atoms with E-state index in [2.05, 4.69) is 26.0 Å². The van der Waals surface area contributed by atoms with Crippen molar-refractivity contribution >= 4 is 40.3 Å². The van der Waals surface area contributed by atoms with E-state index in [-0.39, 0.29) is 5.91 Å². The summed E-state index contributed by atoms with van der Waals surface area (Å²) in [5.74, 6) is 1.62. The minimum atomic E-state index is -0.0649. The van der Waals surface area contributed by atoms with Crippen molar-refractivity contribution in [1.29, 1.82) is 0 Å². The van der Waals surface area contributed by atoms with E-state index in [1.807, 2.05) is 36.4 Å². The SMILES string of the molecule is Cc1ccc(OCCCOc2cccc(/C=C3\SC(=S)N(C)C3=O)c2)c(C)c1. The number of benzene rings is 2.